The van der Waals surface area contributed by atoms with Gasteiger partial charge in [0.15, 0.2) is 0 Å². The highest BCUT2D eigenvalue weighted by molar-refractivity contribution is 7.80. The normalized spacial score (nSPS) is 12.4. The van der Waals surface area contributed by atoms with Gasteiger partial charge in [-0.3, -0.25) is 0 Å². The van der Waals surface area contributed by atoms with Gasteiger partial charge in [0.25, 0.3) is 5.17 Å². The molecule has 4 nitrogen and oxygen atoms in total. The minimum Gasteiger partial charge on any atom is -0.432 e. The molecule has 232 valence electrons. The number of halogens is 9. The van der Waals surface area contributed by atoms with Crippen molar-refractivity contribution >= 4 is 17.4 Å². The summed E-state index contributed by atoms with van der Waals surface area (Å²) < 4.78 is 132. The number of thiocarbonyl (C=S) groups is 1. The van der Waals surface area contributed by atoms with Crippen molar-refractivity contribution in [2.75, 3.05) is 0 Å². The molecule has 0 fully saturated rings. The zero-order valence-corrected chi connectivity index (χ0v) is 22.9. The van der Waals surface area contributed by atoms with Crippen LogP contribution in [-0.2, 0) is 18.1 Å². The van der Waals surface area contributed by atoms with Crippen molar-refractivity contribution in [3.8, 4) is 17.2 Å². The van der Waals surface area contributed by atoms with Crippen LogP contribution in [-0.4, -0.2) is 17.9 Å². The summed E-state index contributed by atoms with van der Waals surface area (Å²) in [6.45, 7) is 0. The van der Waals surface area contributed by atoms with Crippen LogP contribution in [0.3, 0.4) is 0 Å². The van der Waals surface area contributed by atoms with Crippen molar-refractivity contribution in [3.05, 3.63) is 125 Å². The van der Waals surface area contributed by atoms with Crippen LogP contribution in [0, 0.1) is 0 Å². The van der Waals surface area contributed by atoms with E-state index >= 15 is 0 Å². The maximum Gasteiger partial charge on any atom is 0.573 e. The number of hydrogen-bond donors (Lipinski definition) is 1. The Kier molecular flexibility index (Phi) is 9.33. The molecule has 4 aromatic rings. The van der Waals surface area contributed by atoms with Crippen LogP contribution >= 0.6 is 12.2 Å². The largest absolute Gasteiger partial charge is 0.573 e. The number of alkyl halides is 9. The van der Waals surface area contributed by atoms with E-state index in [1.807, 2.05) is 0 Å². The SMILES string of the molecule is FC(F)(F)Oc1cccc(C(Cc2ccccc2)(NC(=S)Oc2cccc(C(F)(F)F)c2)c2cccc(OC(F)(F)F)c2)c1. The molecule has 0 aliphatic heterocycles. The Balaban J connectivity index is 1.88. The van der Waals surface area contributed by atoms with Gasteiger partial charge < -0.3 is 19.5 Å². The number of nitrogens with one attached hydrogen (secondary N) is 1. The molecular formula is C30H20F9NO3S. The minimum absolute atomic E-state index is 0.0299. The van der Waals surface area contributed by atoms with Crippen molar-refractivity contribution in [2.45, 2.75) is 30.9 Å². The standard InChI is InChI=1S/C30H20F9NO3S/c31-28(32,33)22-11-6-12-23(17-22)41-26(44)40-27(18-19-7-2-1-3-8-19,20-9-4-13-24(15-20)42-29(34,35)36)21-10-5-14-25(16-21)43-30(37,38)39/h1-17H,18H2,(H,40,44). The van der Waals surface area contributed by atoms with Crippen LogP contribution in [0.4, 0.5) is 39.5 Å². The monoisotopic (exact) mass is 645 g/mol. The smallest absolute Gasteiger partial charge is 0.432 e. The van der Waals surface area contributed by atoms with Gasteiger partial charge in [0.1, 0.15) is 17.2 Å². The Labute approximate surface area is 250 Å². The molecule has 0 aliphatic carbocycles. The molecule has 0 saturated carbocycles. The first-order chi connectivity index (χ1) is 20.5. The maximum absolute atomic E-state index is 13.3. The summed E-state index contributed by atoms with van der Waals surface area (Å²) >= 11 is 5.34. The topological polar surface area (TPSA) is 39.7 Å². The first-order valence-corrected chi connectivity index (χ1v) is 12.9. The van der Waals surface area contributed by atoms with Gasteiger partial charge in [-0.2, -0.15) is 13.2 Å². The minimum atomic E-state index is -5.07. The Bertz CT molecular complexity index is 1530. The third kappa shape index (κ3) is 8.78. The second-order valence-electron chi connectivity index (χ2n) is 9.26. The molecule has 44 heavy (non-hydrogen) atoms. The molecule has 4 aromatic carbocycles. The number of ether oxygens (including phenoxy) is 3. The average Bonchev–Trinajstić information content (AvgIpc) is 2.91. The van der Waals surface area contributed by atoms with E-state index in [1.165, 1.54) is 30.3 Å². The average molecular weight is 646 g/mol. The number of hydrogen-bond acceptors (Lipinski definition) is 4. The zero-order chi connectivity index (χ0) is 32.2. The molecule has 0 unspecified atom stereocenters. The van der Waals surface area contributed by atoms with E-state index in [9.17, 15) is 39.5 Å². The fourth-order valence-corrected chi connectivity index (χ4v) is 4.69. The van der Waals surface area contributed by atoms with E-state index in [1.54, 1.807) is 30.3 Å². The quantitative estimate of drug-likeness (QED) is 0.153. The van der Waals surface area contributed by atoms with Gasteiger partial charge in [-0.15, -0.1) is 26.3 Å². The summed E-state index contributed by atoms with van der Waals surface area (Å²) in [5, 5.41) is 2.32. The highest BCUT2D eigenvalue weighted by Gasteiger charge is 2.39. The van der Waals surface area contributed by atoms with Crippen LogP contribution in [0.5, 0.6) is 17.2 Å². The molecule has 0 bridgehead atoms. The summed E-state index contributed by atoms with van der Waals surface area (Å²) in [5.74, 6) is -1.63. The predicted molar refractivity (Wildman–Crippen MR) is 145 cm³/mol. The van der Waals surface area contributed by atoms with Crippen LogP contribution < -0.4 is 19.5 Å². The van der Waals surface area contributed by atoms with Gasteiger partial charge >= 0.3 is 18.9 Å². The zero-order valence-electron chi connectivity index (χ0n) is 22.1. The van der Waals surface area contributed by atoms with Gasteiger partial charge in [0, 0.05) is 6.42 Å². The molecular weight excluding hydrogens is 625 g/mol. The number of benzene rings is 4. The molecule has 0 amide bonds. The highest BCUT2D eigenvalue weighted by atomic mass is 32.1. The van der Waals surface area contributed by atoms with Crippen molar-refractivity contribution in [1.29, 1.82) is 0 Å². The predicted octanol–water partition coefficient (Wildman–Crippen LogP) is 8.94. The van der Waals surface area contributed by atoms with Crippen LogP contribution in [0.25, 0.3) is 0 Å². The summed E-state index contributed by atoms with van der Waals surface area (Å²) in [4.78, 5) is 0. The highest BCUT2D eigenvalue weighted by Crippen LogP contribution is 2.39. The van der Waals surface area contributed by atoms with Gasteiger partial charge in [-0.25, -0.2) is 0 Å². The Morgan fingerprint density at radius 2 is 1.02 bits per heavy atom. The summed E-state index contributed by atoms with van der Waals surface area (Å²) in [5.41, 5.74) is -2.21. The van der Waals surface area contributed by atoms with Crippen LogP contribution in [0.1, 0.15) is 22.3 Å². The molecule has 0 aromatic heterocycles. The third-order valence-electron chi connectivity index (χ3n) is 6.12. The van der Waals surface area contributed by atoms with Crippen molar-refractivity contribution < 1.29 is 53.7 Å². The molecule has 4 rings (SSSR count). The fraction of sp³-hybridized carbons (Fsp3) is 0.167. The summed E-state index contributed by atoms with van der Waals surface area (Å²) in [7, 11) is 0. The first-order valence-electron chi connectivity index (χ1n) is 12.5. The van der Waals surface area contributed by atoms with E-state index in [4.69, 9.17) is 17.0 Å². The van der Waals surface area contributed by atoms with Gasteiger partial charge in [0.05, 0.1) is 11.1 Å². The van der Waals surface area contributed by atoms with Gasteiger partial charge in [-0.05, 0) is 71.4 Å². The van der Waals surface area contributed by atoms with Gasteiger partial charge in [-0.1, -0.05) is 60.7 Å². The maximum atomic E-state index is 13.3. The second kappa shape index (κ2) is 12.6. The van der Waals surface area contributed by atoms with Gasteiger partial charge in [0.2, 0.25) is 0 Å². The van der Waals surface area contributed by atoms with E-state index in [0.717, 1.165) is 36.4 Å². The Hall–Kier alpha value is -4.46. The van der Waals surface area contributed by atoms with E-state index in [2.05, 4.69) is 14.8 Å². The molecule has 0 heterocycles. The molecule has 0 saturated heterocycles. The lowest BCUT2D eigenvalue weighted by Crippen LogP contribution is -2.49. The fourth-order valence-electron chi connectivity index (χ4n) is 4.42. The molecule has 1 N–H and O–H groups in total. The molecule has 0 spiro atoms. The van der Waals surface area contributed by atoms with E-state index < -0.39 is 46.7 Å². The molecule has 0 atom stereocenters. The summed E-state index contributed by atoms with van der Waals surface area (Å²) in [6.07, 6.45) is -15.0. The molecule has 0 aliphatic rings. The van der Waals surface area contributed by atoms with E-state index in [-0.39, 0.29) is 23.3 Å². The lowest BCUT2D eigenvalue weighted by Gasteiger charge is -2.37. The van der Waals surface area contributed by atoms with Crippen LogP contribution in [0.2, 0.25) is 0 Å². The van der Waals surface area contributed by atoms with Crippen LogP contribution in [0.15, 0.2) is 103 Å². The van der Waals surface area contributed by atoms with Crippen molar-refractivity contribution in [1.82, 2.24) is 5.32 Å². The third-order valence-corrected chi connectivity index (χ3v) is 6.31. The first kappa shape index (κ1) is 32.5. The second-order valence-corrected chi connectivity index (χ2v) is 9.63. The lowest BCUT2D eigenvalue weighted by molar-refractivity contribution is -0.275. The Morgan fingerprint density at radius 1 is 0.568 bits per heavy atom. The lowest BCUT2D eigenvalue weighted by atomic mass is 9.78. The van der Waals surface area contributed by atoms with Crippen molar-refractivity contribution in [3.63, 3.8) is 0 Å². The Morgan fingerprint density at radius 3 is 1.50 bits per heavy atom. The van der Waals surface area contributed by atoms with Crippen molar-refractivity contribution in [2.24, 2.45) is 0 Å². The number of rotatable bonds is 8. The molecule has 0 radical (unpaired) electrons. The van der Waals surface area contributed by atoms with E-state index in [0.29, 0.717) is 11.6 Å². The molecule has 14 heteroatoms. The summed E-state index contributed by atoms with van der Waals surface area (Å²) in [6, 6.07) is 21.3.